The zero-order chi connectivity index (χ0) is 29.4. The fourth-order valence-corrected chi connectivity index (χ4v) is 5.39. The Morgan fingerprint density at radius 1 is 0.950 bits per heavy atom. The molecule has 0 bridgehead atoms. The second-order valence-electron chi connectivity index (χ2n) is 10.2. The van der Waals surface area contributed by atoms with E-state index in [0.717, 1.165) is 39.2 Å². The molecule has 9 heteroatoms. The molecule has 0 spiro atoms. The topological polar surface area (TPSA) is 86.8 Å². The molecular formula is C31H38ClN3O4S. The van der Waals surface area contributed by atoms with Gasteiger partial charge in [0.1, 0.15) is 12.6 Å². The number of sulfonamides is 1. The van der Waals surface area contributed by atoms with Crippen molar-refractivity contribution in [3.05, 3.63) is 100 Å². The van der Waals surface area contributed by atoms with Gasteiger partial charge in [-0.25, -0.2) is 8.42 Å². The first-order valence-corrected chi connectivity index (χ1v) is 15.5. The van der Waals surface area contributed by atoms with Crippen molar-refractivity contribution < 1.29 is 18.0 Å². The van der Waals surface area contributed by atoms with E-state index in [1.165, 1.54) is 4.90 Å². The normalized spacial score (nSPS) is 12.8. The molecule has 0 aromatic heterocycles. The minimum Gasteiger partial charge on any atom is -0.352 e. The molecule has 0 saturated heterocycles. The van der Waals surface area contributed by atoms with Crippen LogP contribution in [0.5, 0.6) is 0 Å². The highest BCUT2D eigenvalue weighted by molar-refractivity contribution is 7.92. The Kier molecular flexibility index (Phi) is 10.8. The van der Waals surface area contributed by atoms with E-state index < -0.39 is 28.5 Å². The largest absolute Gasteiger partial charge is 0.352 e. The van der Waals surface area contributed by atoms with Crippen molar-refractivity contribution in [3.8, 4) is 0 Å². The summed E-state index contributed by atoms with van der Waals surface area (Å²) in [6.45, 7) is 7.22. The lowest BCUT2D eigenvalue weighted by Gasteiger charge is -2.34. The number of hydrogen-bond donors (Lipinski definition) is 1. The van der Waals surface area contributed by atoms with Crippen LogP contribution in [0.15, 0.2) is 72.8 Å². The van der Waals surface area contributed by atoms with Gasteiger partial charge in [-0.1, -0.05) is 73.1 Å². The minimum atomic E-state index is -3.82. The van der Waals surface area contributed by atoms with Crippen molar-refractivity contribution in [3.63, 3.8) is 0 Å². The van der Waals surface area contributed by atoms with E-state index in [-0.39, 0.29) is 24.9 Å². The second-order valence-corrected chi connectivity index (χ2v) is 12.6. The van der Waals surface area contributed by atoms with E-state index in [9.17, 15) is 18.0 Å². The predicted octanol–water partition coefficient (Wildman–Crippen LogP) is 5.28. The van der Waals surface area contributed by atoms with Gasteiger partial charge >= 0.3 is 0 Å². The molecule has 0 saturated carbocycles. The Balaban J connectivity index is 2.08. The summed E-state index contributed by atoms with van der Waals surface area (Å²) in [5, 5.41) is 3.58. The number of anilines is 1. The summed E-state index contributed by atoms with van der Waals surface area (Å²) in [7, 11) is -3.82. The maximum Gasteiger partial charge on any atom is 0.244 e. The lowest BCUT2D eigenvalue weighted by molar-refractivity contribution is -0.140. The van der Waals surface area contributed by atoms with Gasteiger partial charge in [-0.15, -0.1) is 0 Å². The van der Waals surface area contributed by atoms with Crippen molar-refractivity contribution in [1.29, 1.82) is 0 Å². The third-order valence-corrected chi connectivity index (χ3v) is 8.23. The number of hydrogen-bond acceptors (Lipinski definition) is 4. The van der Waals surface area contributed by atoms with E-state index in [1.54, 1.807) is 37.3 Å². The van der Waals surface area contributed by atoms with Crippen LogP contribution in [0.2, 0.25) is 5.02 Å². The van der Waals surface area contributed by atoms with Crippen LogP contribution in [-0.4, -0.2) is 50.0 Å². The Bertz CT molecular complexity index is 1410. The third-order valence-electron chi connectivity index (χ3n) is 6.85. The molecule has 0 fully saturated rings. The number of carbonyl (C=O) groups excluding carboxylic acids is 2. The lowest BCUT2D eigenvalue weighted by Crippen LogP contribution is -2.54. The smallest absolute Gasteiger partial charge is 0.244 e. The number of aryl methyl sites for hydroxylation is 2. The summed E-state index contributed by atoms with van der Waals surface area (Å²) < 4.78 is 27.1. The van der Waals surface area contributed by atoms with E-state index in [2.05, 4.69) is 5.32 Å². The van der Waals surface area contributed by atoms with Gasteiger partial charge in [0.2, 0.25) is 21.8 Å². The van der Waals surface area contributed by atoms with Crippen molar-refractivity contribution in [2.45, 2.75) is 59.2 Å². The molecule has 1 N–H and O–H groups in total. The van der Waals surface area contributed by atoms with Gasteiger partial charge in [0, 0.05) is 24.0 Å². The summed E-state index contributed by atoms with van der Waals surface area (Å²) in [6.07, 6.45) is 2.08. The molecular weight excluding hydrogens is 546 g/mol. The second kappa shape index (κ2) is 13.8. The number of halogens is 1. The molecule has 3 aromatic rings. The van der Waals surface area contributed by atoms with Gasteiger partial charge < -0.3 is 10.2 Å². The summed E-state index contributed by atoms with van der Waals surface area (Å²) in [6, 6.07) is 21.0. The fraction of sp³-hybridized carbons (Fsp3) is 0.355. The fourth-order valence-electron chi connectivity index (χ4n) is 4.36. The molecule has 0 radical (unpaired) electrons. The standard InChI is InChI=1S/C31H38ClN3O4S/c1-6-24(4)33-31(37)29(19-25-10-8-7-9-11-25)34(20-26-14-16-27(32)17-15-26)30(36)21-35(40(5,38)39)28-18-22(2)12-13-23(28)3/h7-18,24,29H,6,19-21H2,1-5H3,(H,33,37)/t24-,29-/m1/s1. The first kappa shape index (κ1) is 31.2. The molecule has 40 heavy (non-hydrogen) atoms. The first-order valence-electron chi connectivity index (χ1n) is 13.3. The van der Waals surface area contributed by atoms with E-state index in [1.807, 2.05) is 63.2 Å². The van der Waals surface area contributed by atoms with Crippen LogP contribution in [0.1, 0.15) is 42.5 Å². The number of nitrogens with one attached hydrogen (secondary N) is 1. The molecule has 214 valence electrons. The van der Waals surface area contributed by atoms with Crippen molar-refractivity contribution >= 4 is 39.1 Å². The number of amides is 2. The Morgan fingerprint density at radius 3 is 2.20 bits per heavy atom. The van der Waals surface area contributed by atoms with Crippen LogP contribution in [0.25, 0.3) is 0 Å². The van der Waals surface area contributed by atoms with Crippen molar-refractivity contribution in [1.82, 2.24) is 10.2 Å². The van der Waals surface area contributed by atoms with Crippen LogP contribution in [0, 0.1) is 13.8 Å². The molecule has 0 aliphatic carbocycles. The van der Waals surface area contributed by atoms with Crippen molar-refractivity contribution in [2.24, 2.45) is 0 Å². The lowest BCUT2D eigenvalue weighted by atomic mass is 10.0. The van der Waals surface area contributed by atoms with Crippen LogP contribution < -0.4 is 9.62 Å². The van der Waals surface area contributed by atoms with Gasteiger partial charge in [0.25, 0.3) is 0 Å². The van der Waals surface area contributed by atoms with Crippen LogP contribution >= 0.6 is 11.6 Å². The van der Waals surface area contributed by atoms with E-state index >= 15 is 0 Å². The Labute approximate surface area is 243 Å². The Morgan fingerprint density at radius 2 is 1.60 bits per heavy atom. The maximum atomic E-state index is 14.1. The van der Waals surface area contributed by atoms with Gasteiger partial charge in [-0.2, -0.15) is 0 Å². The van der Waals surface area contributed by atoms with Gasteiger partial charge in [-0.3, -0.25) is 13.9 Å². The molecule has 3 aromatic carbocycles. The number of rotatable bonds is 12. The zero-order valence-electron chi connectivity index (χ0n) is 23.7. The molecule has 3 rings (SSSR count). The molecule has 0 aliphatic rings. The van der Waals surface area contributed by atoms with Gasteiger partial charge in [-0.05, 0) is 67.6 Å². The number of benzene rings is 3. The predicted molar refractivity (Wildman–Crippen MR) is 162 cm³/mol. The molecule has 2 atom stereocenters. The summed E-state index contributed by atoms with van der Waals surface area (Å²) in [5.74, 6) is -0.778. The monoisotopic (exact) mass is 583 g/mol. The van der Waals surface area contributed by atoms with E-state index in [4.69, 9.17) is 11.6 Å². The number of carbonyl (C=O) groups is 2. The number of nitrogens with zero attached hydrogens (tertiary/aromatic N) is 2. The third kappa shape index (κ3) is 8.57. The van der Waals surface area contributed by atoms with Crippen LogP contribution in [0.3, 0.4) is 0 Å². The summed E-state index contributed by atoms with van der Waals surface area (Å²) in [4.78, 5) is 29.3. The summed E-state index contributed by atoms with van der Waals surface area (Å²) >= 11 is 6.10. The average Bonchev–Trinajstić information content (AvgIpc) is 2.91. The van der Waals surface area contributed by atoms with Crippen LogP contribution in [0.4, 0.5) is 5.69 Å². The first-order chi connectivity index (χ1) is 18.9. The highest BCUT2D eigenvalue weighted by Crippen LogP contribution is 2.25. The van der Waals surface area contributed by atoms with Crippen molar-refractivity contribution in [2.75, 3.05) is 17.1 Å². The maximum absolute atomic E-state index is 14.1. The van der Waals surface area contributed by atoms with Crippen LogP contribution in [-0.2, 0) is 32.6 Å². The van der Waals surface area contributed by atoms with Gasteiger partial charge in [0.15, 0.2) is 0 Å². The van der Waals surface area contributed by atoms with E-state index in [0.29, 0.717) is 10.7 Å². The molecule has 2 amide bonds. The zero-order valence-corrected chi connectivity index (χ0v) is 25.3. The average molecular weight is 584 g/mol. The quantitative estimate of drug-likeness (QED) is 0.314. The molecule has 0 aliphatic heterocycles. The minimum absolute atomic E-state index is 0.0966. The van der Waals surface area contributed by atoms with Gasteiger partial charge in [0.05, 0.1) is 11.9 Å². The summed E-state index contributed by atoms with van der Waals surface area (Å²) in [5.41, 5.74) is 3.68. The molecule has 0 unspecified atom stereocenters. The SMILES string of the molecule is CC[C@@H](C)NC(=O)[C@@H](Cc1ccccc1)N(Cc1ccc(Cl)cc1)C(=O)CN(c1cc(C)ccc1C)S(C)(=O)=O. The molecule has 0 heterocycles. The molecule has 7 nitrogen and oxygen atoms in total. The highest BCUT2D eigenvalue weighted by atomic mass is 35.5. The highest BCUT2D eigenvalue weighted by Gasteiger charge is 2.33. The Hall–Kier alpha value is -3.36.